The third-order valence-electron chi connectivity index (χ3n) is 2.93. The number of furan rings is 1. The summed E-state index contributed by atoms with van der Waals surface area (Å²) in [5.41, 5.74) is 0. The van der Waals surface area contributed by atoms with Crippen LogP contribution in [0.25, 0.3) is 0 Å². The van der Waals surface area contributed by atoms with Gasteiger partial charge in [0.15, 0.2) is 11.5 Å². The van der Waals surface area contributed by atoms with E-state index in [9.17, 15) is 0 Å². The van der Waals surface area contributed by atoms with E-state index < -0.39 is 0 Å². The molecule has 108 valence electrons. The summed E-state index contributed by atoms with van der Waals surface area (Å²) in [7, 11) is 0. The van der Waals surface area contributed by atoms with Gasteiger partial charge in [0.2, 0.25) is 0 Å². The van der Waals surface area contributed by atoms with Crippen LogP contribution < -0.4 is 14.8 Å². The molecule has 1 heterocycles. The average molecular weight is 275 g/mol. The molecule has 0 aliphatic heterocycles. The van der Waals surface area contributed by atoms with Gasteiger partial charge in [-0.05, 0) is 38.1 Å². The summed E-state index contributed by atoms with van der Waals surface area (Å²) in [6.07, 6.45) is 1.68. The van der Waals surface area contributed by atoms with Crippen molar-refractivity contribution in [3.63, 3.8) is 0 Å². The fourth-order valence-corrected chi connectivity index (χ4v) is 1.92. The van der Waals surface area contributed by atoms with Gasteiger partial charge in [-0.2, -0.15) is 0 Å². The highest BCUT2D eigenvalue weighted by atomic mass is 16.5. The van der Waals surface area contributed by atoms with Crippen LogP contribution in [-0.2, 0) is 0 Å². The van der Waals surface area contributed by atoms with Gasteiger partial charge in [-0.1, -0.05) is 12.1 Å². The summed E-state index contributed by atoms with van der Waals surface area (Å²) in [6, 6.07) is 11.7. The first kappa shape index (κ1) is 14.5. The Kier molecular flexibility index (Phi) is 5.50. The highest BCUT2D eigenvalue weighted by Crippen LogP contribution is 2.26. The Morgan fingerprint density at radius 3 is 2.50 bits per heavy atom. The van der Waals surface area contributed by atoms with Crippen LogP contribution >= 0.6 is 0 Å². The van der Waals surface area contributed by atoms with Gasteiger partial charge in [-0.3, -0.25) is 0 Å². The second-order valence-corrected chi connectivity index (χ2v) is 4.42. The lowest BCUT2D eigenvalue weighted by Gasteiger charge is -2.14. The van der Waals surface area contributed by atoms with Gasteiger partial charge < -0.3 is 19.2 Å². The van der Waals surface area contributed by atoms with Crippen molar-refractivity contribution in [3.05, 3.63) is 48.4 Å². The highest BCUT2D eigenvalue weighted by molar-refractivity contribution is 5.39. The lowest BCUT2D eigenvalue weighted by Crippen LogP contribution is -2.24. The van der Waals surface area contributed by atoms with Crippen molar-refractivity contribution >= 4 is 0 Å². The van der Waals surface area contributed by atoms with E-state index in [1.165, 1.54) is 0 Å². The highest BCUT2D eigenvalue weighted by Gasteiger charge is 2.07. The normalized spacial score (nSPS) is 12.1. The van der Waals surface area contributed by atoms with Crippen molar-refractivity contribution in [2.24, 2.45) is 0 Å². The number of hydrogen-bond donors (Lipinski definition) is 1. The Morgan fingerprint density at radius 2 is 1.85 bits per heavy atom. The zero-order valence-electron chi connectivity index (χ0n) is 12.0. The number of rotatable bonds is 8. The Balaban J connectivity index is 1.76. The fourth-order valence-electron chi connectivity index (χ4n) is 1.92. The van der Waals surface area contributed by atoms with E-state index in [1.54, 1.807) is 6.26 Å². The smallest absolute Gasteiger partial charge is 0.161 e. The molecule has 0 aliphatic carbocycles. The van der Waals surface area contributed by atoms with Gasteiger partial charge >= 0.3 is 0 Å². The third-order valence-corrected chi connectivity index (χ3v) is 2.93. The monoisotopic (exact) mass is 275 g/mol. The molecule has 0 saturated carbocycles. The first-order valence-corrected chi connectivity index (χ1v) is 6.92. The van der Waals surface area contributed by atoms with Crippen LogP contribution in [0.15, 0.2) is 47.1 Å². The molecule has 1 aromatic carbocycles. The summed E-state index contributed by atoms with van der Waals surface area (Å²) < 4.78 is 16.6. The maximum atomic E-state index is 5.74. The number of hydrogen-bond acceptors (Lipinski definition) is 4. The van der Waals surface area contributed by atoms with Crippen molar-refractivity contribution in [3.8, 4) is 11.5 Å². The fraction of sp³-hybridized carbons (Fsp3) is 0.375. The molecule has 0 saturated heterocycles. The summed E-state index contributed by atoms with van der Waals surface area (Å²) in [5.74, 6) is 2.50. The zero-order valence-corrected chi connectivity index (χ0v) is 12.0. The van der Waals surface area contributed by atoms with Gasteiger partial charge in [0.05, 0.1) is 18.9 Å². The van der Waals surface area contributed by atoms with Crippen molar-refractivity contribution in [2.75, 3.05) is 19.8 Å². The van der Waals surface area contributed by atoms with Crippen LogP contribution in [0.1, 0.15) is 25.6 Å². The standard InChI is InChI=1S/C16H21NO3/c1-3-18-15-7-4-5-8-16(15)20-12-10-17-13(2)14-9-6-11-19-14/h4-9,11,13,17H,3,10,12H2,1-2H3/t13-/m1/s1. The Labute approximate surface area is 119 Å². The minimum Gasteiger partial charge on any atom is -0.490 e. The second-order valence-electron chi connectivity index (χ2n) is 4.42. The molecular formula is C16H21NO3. The maximum absolute atomic E-state index is 5.74. The van der Waals surface area contributed by atoms with Gasteiger partial charge in [0, 0.05) is 6.54 Å². The van der Waals surface area contributed by atoms with E-state index in [0.29, 0.717) is 13.2 Å². The van der Waals surface area contributed by atoms with E-state index in [1.807, 2.05) is 43.3 Å². The van der Waals surface area contributed by atoms with E-state index >= 15 is 0 Å². The third kappa shape index (κ3) is 4.03. The molecule has 4 heteroatoms. The number of benzene rings is 1. The molecule has 0 amide bonds. The molecule has 0 fully saturated rings. The van der Waals surface area contributed by atoms with Crippen molar-refractivity contribution in [2.45, 2.75) is 19.9 Å². The van der Waals surface area contributed by atoms with E-state index in [4.69, 9.17) is 13.9 Å². The number of ether oxygens (including phenoxy) is 2. The SMILES string of the molecule is CCOc1ccccc1OCCN[C@H](C)c1ccco1. The molecule has 0 spiro atoms. The molecule has 2 rings (SSSR count). The molecule has 1 N–H and O–H groups in total. The second kappa shape index (κ2) is 7.60. The minimum absolute atomic E-state index is 0.177. The van der Waals surface area contributed by atoms with Crippen LogP contribution in [0.2, 0.25) is 0 Å². The van der Waals surface area contributed by atoms with Crippen LogP contribution in [0, 0.1) is 0 Å². The average Bonchev–Trinajstić information content (AvgIpc) is 2.99. The molecule has 20 heavy (non-hydrogen) atoms. The van der Waals surface area contributed by atoms with Gasteiger partial charge in [0.1, 0.15) is 12.4 Å². The molecule has 0 unspecified atom stereocenters. The predicted molar refractivity (Wildman–Crippen MR) is 78.2 cm³/mol. The van der Waals surface area contributed by atoms with Crippen LogP contribution in [-0.4, -0.2) is 19.8 Å². The number of para-hydroxylation sites is 2. The van der Waals surface area contributed by atoms with Gasteiger partial charge in [0.25, 0.3) is 0 Å². The van der Waals surface area contributed by atoms with E-state index in [2.05, 4.69) is 12.2 Å². The van der Waals surface area contributed by atoms with E-state index in [-0.39, 0.29) is 6.04 Å². The first-order valence-electron chi connectivity index (χ1n) is 6.92. The summed E-state index contributed by atoms with van der Waals surface area (Å²) in [4.78, 5) is 0. The Bertz CT molecular complexity index is 496. The molecule has 1 aromatic heterocycles. The minimum atomic E-state index is 0.177. The molecule has 2 aromatic rings. The Hall–Kier alpha value is -1.94. The Morgan fingerprint density at radius 1 is 1.10 bits per heavy atom. The lowest BCUT2D eigenvalue weighted by molar-refractivity contribution is 0.270. The van der Waals surface area contributed by atoms with Crippen LogP contribution in [0.3, 0.4) is 0 Å². The number of nitrogens with one attached hydrogen (secondary N) is 1. The lowest BCUT2D eigenvalue weighted by atomic mass is 10.2. The van der Waals surface area contributed by atoms with E-state index in [0.717, 1.165) is 23.8 Å². The molecular weight excluding hydrogens is 254 g/mol. The maximum Gasteiger partial charge on any atom is 0.161 e. The molecule has 1 atom stereocenters. The molecule has 0 radical (unpaired) electrons. The predicted octanol–water partition coefficient (Wildman–Crippen LogP) is 3.41. The zero-order chi connectivity index (χ0) is 14.2. The van der Waals surface area contributed by atoms with Gasteiger partial charge in [-0.15, -0.1) is 0 Å². The van der Waals surface area contributed by atoms with Crippen molar-refractivity contribution in [1.82, 2.24) is 5.32 Å². The summed E-state index contributed by atoms with van der Waals surface area (Å²) in [5, 5.41) is 3.35. The molecule has 4 nitrogen and oxygen atoms in total. The first-order chi connectivity index (χ1) is 9.81. The topological polar surface area (TPSA) is 43.6 Å². The van der Waals surface area contributed by atoms with Crippen molar-refractivity contribution < 1.29 is 13.9 Å². The largest absolute Gasteiger partial charge is 0.490 e. The molecule has 0 aliphatic rings. The quantitative estimate of drug-likeness (QED) is 0.750. The van der Waals surface area contributed by atoms with Crippen molar-refractivity contribution in [1.29, 1.82) is 0 Å². The van der Waals surface area contributed by atoms with Gasteiger partial charge in [-0.25, -0.2) is 0 Å². The summed E-state index contributed by atoms with van der Waals surface area (Å²) >= 11 is 0. The van der Waals surface area contributed by atoms with Crippen LogP contribution in [0.4, 0.5) is 0 Å². The van der Waals surface area contributed by atoms with Crippen LogP contribution in [0.5, 0.6) is 11.5 Å². The summed E-state index contributed by atoms with van der Waals surface area (Å²) in [6.45, 7) is 5.97. The molecule has 0 bridgehead atoms.